The number of carbonyl (C=O) groups excluding carboxylic acids is 1. The minimum Gasteiger partial charge on any atom is -0.464 e. The van der Waals surface area contributed by atoms with E-state index in [2.05, 4.69) is 4.98 Å². The van der Waals surface area contributed by atoms with Gasteiger partial charge in [0, 0.05) is 13.5 Å². The molecule has 1 aromatic heterocycles. The van der Waals surface area contributed by atoms with E-state index in [0.29, 0.717) is 22.6 Å². The van der Waals surface area contributed by atoms with Crippen LogP contribution in [0.25, 0.3) is 0 Å². The second-order valence-electron chi connectivity index (χ2n) is 4.11. The molecule has 0 saturated carbocycles. The Bertz CT molecular complexity index is 658. The highest BCUT2D eigenvalue weighted by Crippen LogP contribution is 2.15. The fourth-order valence-electron chi connectivity index (χ4n) is 1.83. The van der Waals surface area contributed by atoms with Crippen molar-refractivity contribution < 1.29 is 13.9 Å². The molecular formula is C13H13FN2O2S. The van der Waals surface area contributed by atoms with Crippen molar-refractivity contribution in [2.75, 3.05) is 7.11 Å². The molecule has 0 radical (unpaired) electrons. The first-order chi connectivity index (χ1) is 9.02. The first kappa shape index (κ1) is 13.5. The summed E-state index contributed by atoms with van der Waals surface area (Å²) in [6.45, 7) is 0. The fraction of sp³-hybridized carbons (Fsp3) is 0.231. The molecular weight excluding hydrogens is 267 g/mol. The molecule has 0 aliphatic rings. The molecule has 2 aromatic rings. The van der Waals surface area contributed by atoms with Gasteiger partial charge in [-0.25, -0.2) is 9.18 Å². The van der Waals surface area contributed by atoms with Gasteiger partial charge in [0.25, 0.3) is 0 Å². The molecule has 0 spiro atoms. The third kappa shape index (κ3) is 2.73. The summed E-state index contributed by atoms with van der Waals surface area (Å²) < 4.78 is 19.7. The van der Waals surface area contributed by atoms with Gasteiger partial charge in [0.15, 0.2) is 4.77 Å². The number of hydrogen-bond acceptors (Lipinski definition) is 3. The van der Waals surface area contributed by atoms with Crippen molar-refractivity contribution in [3.05, 3.63) is 51.8 Å². The number of halogens is 1. The maximum absolute atomic E-state index is 12.9. The van der Waals surface area contributed by atoms with Crippen LogP contribution in [0.15, 0.2) is 24.3 Å². The number of aromatic nitrogens is 2. The van der Waals surface area contributed by atoms with E-state index in [4.69, 9.17) is 17.0 Å². The predicted molar refractivity (Wildman–Crippen MR) is 71.1 cm³/mol. The van der Waals surface area contributed by atoms with Crippen molar-refractivity contribution in [3.8, 4) is 0 Å². The average Bonchev–Trinajstić information content (AvgIpc) is 2.68. The van der Waals surface area contributed by atoms with Gasteiger partial charge in [0.1, 0.15) is 11.5 Å². The standard InChI is InChI=1S/C13H13FN2O2S/c1-16-10(7-8-3-5-9(14)6-4-8)11(12(17)18-2)15-13(16)19/h3-6H,7H2,1-2H3,(H,15,19). The second kappa shape index (κ2) is 5.36. The molecule has 0 amide bonds. The number of carbonyl (C=O) groups is 1. The summed E-state index contributed by atoms with van der Waals surface area (Å²) in [6, 6.07) is 6.11. The van der Waals surface area contributed by atoms with Gasteiger partial charge in [0.05, 0.1) is 12.8 Å². The van der Waals surface area contributed by atoms with E-state index in [1.165, 1.54) is 19.2 Å². The Labute approximate surface area is 114 Å². The van der Waals surface area contributed by atoms with Crippen LogP contribution in [0, 0.1) is 10.6 Å². The van der Waals surface area contributed by atoms with Crippen LogP contribution in [0.2, 0.25) is 0 Å². The number of nitrogens with one attached hydrogen (secondary N) is 1. The third-order valence-electron chi connectivity index (χ3n) is 2.90. The molecule has 6 heteroatoms. The van der Waals surface area contributed by atoms with Gasteiger partial charge in [-0.3, -0.25) is 0 Å². The number of ether oxygens (including phenoxy) is 1. The van der Waals surface area contributed by atoms with Crippen LogP contribution in [0.5, 0.6) is 0 Å². The summed E-state index contributed by atoms with van der Waals surface area (Å²) in [4.78, 5) is 14.5. The molecule has 1 aromatic carbocycles. The lowest BCUT2D eigenvalue weighted by atomic mass is 10.1. The van der Waals surface area contributed by atoms with Crippen LogP contribution in [0.4, 0.5) is 4.39 Å². The van der Waals surface area contributed by atoms with E-state index < -0.39 is 5.97 Å². The van der Waals surface area contributed by atoms with Gasteiger partial charge in [-0.15, -0.1) is 0 Å². The monoisotopic (exact) mass is 280 g/mol. The molecule has 0 atom stereocenters. The molecule has 0 bridgehead atoms. The third-order valence-corrected chi connectivity index (χ3v) is 3.28. The van der Waals surface area contributed by atoms with Crippen molar-refractivity contribution in [1.29, 1.82) is 0 Å². The number of imidazole rings is 1. The molecule has 2 rings (SSSR count). The van der Waals surface area contributed by atoms with Crippen LogP contribution in [0.1, 0.15) is 21.7 Å². The first-order valence-corrected chi connectivity index (χ1v) is 6.04. The molecule has 19 heavy (non-hydrogen) atoms. The van der Waals surface area contributed by atoms with Gasteiger partial charge < -0.3 is 14.3 Å². The highest BCUT2D eigenvalue weighted by atomic mass is 32.1. The number of H-pyrrole nitrogens is 1. The van der Waals surface area contributed by atoms with E-state index in [9.17, 15) is 9.18 Å². The Morgan fingerprint density at radius 1 is 1.42 bits per heavy atom. The van der Waals surface area contributed by atoms with Gasteiger partial charge in [-0.1, -0.05) is 12.1 Å². The van der Waals surface area contributed by atoms with Gasteiger partial charge in [-0.05, 0) is 29.9 Å². The van der Waals surface area contributed by atoms with Crippen LogP contribution in [-0.4, -0.2) is 22.6 Å². The normalized spacial score (nSPS) is 10.5. The van der Waals surface area contributed by atoms with Crippen molar-refractivity contribution in [2.45, 2.75) is 6.42 Å². The number of nitrogens with zero attached hydrogens (tertiary/aromatic N) is 1. The number of esters is 1. The van der Waals surface area contributed by atoms with E-state index in [1.807, 2.05) is 0 Å². The maximum atomic E-state index is 12.9. The van der Waals surface area contributed by atoms with Gasteiger partial charge >= 0.3 is 5.97 Å². The fourth-order valence-corrected chi connectivity index (χ4v) is 2.04. The lowest BCUT2D eigenvalue weighted by molar-refractivity contribution is 0.0593. The summed E-state index contributed by atoms with van der Waals surface area (Å²) in [6.07, 6.45) is 0.467. The van der Waals surface area contributed by atoms with Crippen LogP contribution >= 0.6 is 12.2 Å². The lowest BCUT2D eigenvalue weighted by Gasteiger charge is -2.05. The maximum Gasteiger partial charge on any atom is 0.356 e. The average molecular weight is 280 g/mol. The summed E-state index contributed by atoms with van der Waals surface area (Å²) in [5.41, 5.74) is 1.93. The summed E-state index contributed by atoms with van der Waals surface area (Å²) in [5, 5.41) is 0. The Kier molecular flexibility index (Phi) is 3.80. The zero-order valence-corrected chi connectivity index (χ0v) is 11.4. The van der Waals surface area contributed by atoms with E-state index in [1.54, 1.807) is 23.7 Å². The SMILES string of the molecule is COC(=O)c1[nH]c(=S)n(C)c1Cc1ccc(F)cc1. The molecule has 1 N–H and O–H groups in total. The number of hydrogen-bond donors (Lipinski definition) is 1. The smallest absolute Gasteiger partial charge is 0.356 e. The Morgan fingerprint density at radius 3 is 2.63 bits per heavy atom. The van der Waals surface area contributed by atoms with Crippen molar-refractivity contribution in [3.63, 3.8) is 0 Å². The highest BCUT2D eigenvalue weighted by Gasteiger charge is 2.17. The molecule has 4 nitrogen and oxygen atoms in total. The van der Waals surface area contributed by atoms with E-state index >= 15 is 0 Å². The van der Waals surface area contributed by atoms with Gasteiger partial charge in [0.2, 0.25) is 0 Å². The van der Waals surface area contributed by atoms with Crippen LogP contribution < -0.4 is 0 Å². The summed E-state index contributed by atoms with van der Waals surface area (Å²) in [7, 11) is 3.08. The minimum atomic E-state index is -0.469. The van der Waals surface area contributed by atoms with E-state index in [-0.39, 0.29) is 5.82 Å². The highest BCUT2D eigenvalue weighted by molar-refractivity contribution is 7.71. The molecule has 0 unspecified atom stereocenters. The van der Waals surface area contributed by atoms with E-state index in [0.717, 1.165) is 5.56 Å². The van der Waals surface area contributed by atoms with Crippen LogP contribution in [0.3, 0.4) is 0 Å². The Hall–Kier alpha value is -1.95. The second-order valence-corrected chi connectivity index (χ2v) is 4.49. The van der Waals surface area contributed by atoms with Gasteiger partial charge in [-0.2, -0.15) is 0 Å². The zero-order valence-electron chi connectivity index (χ0n) is 10.6. The number of rotatable bonds is 3. The molecule has 100 valence electrons. The minimum absolute atomic E-state index is 0.292. The number of methoxy groups -OCH3 is 1. The first-order valence-electron chi connectivity index (χ1n) is 5.63. The number of aromatic amines is 1. The molecule has 0 fully saturated rings. The topological polar surface area (TPSA) is 47.0 Å². The largest absolute Gasteiger partial charge is 0.464 e. The van der Waals surface area contributed by atoms with Crippen molar-refractivity contribution in [2.24, 2.45) is 7.05 Å². The lowest BCUT2D eigenvalue weighted by Crippen LogP contribution is -2.08. The molecule has 1 heterocycles. The summed E-state index contributed by atoms with van der Waals surface area (Å²) in [5.74, 6) is -0.761. The molecule has 0 aliphatic heterocycles. The van der Waals surface area contributed by atoms with Crippen molar-refractivity contribution >= 4 is 18.2 Å². The van der Waals surface area contributed by atoms with Crippen molar-refractivity contribution in [1.82, 2.24) is 9.55 Å². The summed E-state index contributed by atoms with van der Waals surface area (Å²) >= 11 is 5.11. The predicted octanol–water partition coefficient (Wildman–Crippen LogP) is 2.60. The van der Waals surface area contributed by atoms with Crippen LogP contribution in [-0.2, 0) is 18.2 Å². The molecule has 0 saturated heterocycles. The quantitative estimate of drug-likeness (QED) is 0.694. The number of benzene rings is 1. The molecule has 0 aliphatic carbocycles. The zero-order chi connectivity index (χ0) is 14.0. The Balaban J connectivity index is 2.41. The Morgan fingerprint density at radius 2 is 2.05 bits per heavy atom.